The molecule has 0 saturated carbocycles. The average molecular weight is 377 g/mol. The van der Waals surface area contributed by atoms with E-state index < -0.39 is 17.7 Å². The van der Waals surface area contributed by atoms with Crippen molar-refractivity contribution < 1.29 is 8.78 Å². The summed E-state index contributed by atoms with van der Waals surface area (Å²) in [6.07, 6.45) is 0. The highest BCUT2D eigenvalue weighted by Gasteiger charge is 2.14. The second kappa shape index (κ2) is 5.47. The molecule has 1 unspecified atom stereocenters. The topological polar surface area (TPSA) is 26.0 Å². The fourth-order valence-corrected chi connectivity index (χ4v) is 2.93. The van der Waals surface area contributed by atoms with Gasteiger partial charge in [0.15, 0.2) is 11.6 Å². The van der Waals surface area contributed by atoms with Gasteiger partial charge in [0.05, 0.1) is 6.04 Å². The van der Waals surface area contributed by atoms with Gasteiger partial charge in [-0.3, -0.25) is 0 Å². The van der Waals surface area contributed by atoms with Gasteiger partial charge >= 0.3 is 0 Å². The Hall–Kier alpha value is -0.780. The van der Waals surface area contributed by atoms with Crippen molar-refractivity contribution in [3.63, 3.8) is 0 Å². The van der Waals surface area contributed by atoms with E-state index in [0.717, 1.165) is 26.6 Å². The molecule has 2 aromatic rings. The zero-order valence-electron chi connectivity index (χ0n) is 9.13. The summed E-state index contributed by atoms with van der Waals surface area (Å²) < 4.78 is 27.8. The molecule has 2 aromatic carbocycles. The fourth-order valence-electron chi connectivity index (χ4n) is 1.64. The average Bonchev–Trinajstić information content (AvgIpc) is 2.32. The summed E-state index contributed by atoms with van der Waals surface area (Å²) in [6.45, 7) is 0. The van der Waals surface area contributed by atoms with Crippen LogP contribution in [0.5, 0.6) is 0 Å². The molecular formula is C13H9Br2F2N. The van der Waals surface area contributed by atoms with E-state index in [9.17, 15) is 8.78 Å². The summed E-state index contributed by atoms with van der Waals surface area (Å²) >= 11 is 6.74. The second-order valence-electron chi connectivity index (χ2n) is 3.82. The van der Waals surface area contributed by atoms with Gasteiger partial charge in [-0.15, -0.1) is 0 Å². The van der Waals surface area contributed by atoms with Crippen LogP contribution in [-0.2, 0) is 0 Å². The van der Waals surface area contributed by atoms with E-state index in [1.54, 1.807) is 0 Å². The quantitative estimate of drug-likeness (QED) is 0.818. The molecule has 0 aromatic heterocycles. The number of benzene rings is 2. The lowest BCUT2D eigenvalue weighted by atomic mass is 9.99. The zero-order chi connectivity index (χ0) is 13.3. The van der Waals surface area contributed by atoms with Crippen molar-refractivity contribution in [1.82, 2.24) is 0 Å². The molecule has 1 nitrogen and oxygen atoms in total. The minimum absolute atomic E-state index is 0.512. The molecule has 0 heterocycles. The van der Waals surface area contributed by atoms with Gasteiger partial charge in [-0.05, 0) is 35.4 Å². The van der Waals surface area contributed by atoms with Gasteiger partial charge < -0.3 is 5.73 Å². The molecule has 5 heteroatoms. The van der Waals surface area contributed by atoms with Crippen LogP contribution in [0.1, 0.15) is 17.2 Å². The molecule has 1 atom stereocenters. The molecule has 0 aliphatic heterocycles. The van der Waals surface area contributed by atoms with E-state index in [4.69, 9.17) is 5.73 Å². The first-order valence-corrected chi connectivity index (χ1v) is 6.73. The third-order valence-corrected chi connectivity index (χ3v) is 3.78. The van der Waals surface area contributed by atoms with E-state index in [0.29, 0.717) is 5.56 Å². The smallest absolute Gasteiger partial charge is 0.159 e. The van der Waals surface area contributed by atoms with Gasteiger partial charge in [0, 0.05) is 8.95 Å². The first-order valence-electron chi connectivity index (χ1n) is 5.14. The number of rotatable bonds is 2. The SMILES string of the molecule is NC(c1ccc(F)c(F)c1)c1ccc(Br)cc1Br. The molecule has 2 N–H and O–H groups in total. The molecular weight excluding hydrogens is 368 g/mol. The molecule has 0 bridgehead atoms. The van der Waals surface area contributed by atoms with Gasteiger partial charge in [-0.1, -0.05) is 44.0 Å². The second-order valence-corrected chi connectivity index (χ2v) is 5.59. The lowest BCUT2D eigenvalue weighted by Crippen LogP contribution is -2.13. The van der Waals surface area contributed by atoms with E-state index in [1.807, 2.05) is 18.2 Å². The Labute approximate surface area is 120 Å². The number of hydrogen-bond donors (Lipinski definition) is 1. The minimum atomic E-state index is -0.892. The van der Waals surface area contributed by atoms with E-state index in [2.05, 4.69) is 31.9 Å². The first kappa shape index (κ1) is 13.6. The van der Waals surface area contributed by atoms with Crippen molar-refractivity contribution >= 4 is 31.9 Å². The van der Waals surface area contributed by atoms with Gasteiger partial charge in [-0.2, -0.15) is 0 Å². The summed E-state index contributed by atoms with van der Waals surface area (Å²) in [5.74, 6) is -1.77. The van der Waals surface area contributed by atoms with E-state index in [1.165, 1.54) is 6.07 Å². The molecule has 0 radical (unpaired) electrons. The molecule has 0 saturated heterocycles. The molecule has 0 amide bonds. The Kier molecular flexibility index (Phi) is 4.14. The van der Waals surface area contributed by atoms with Crippen LogP contribution in [0.25, 0.3) is 0 Å². The third kappa shape index (κ3) is 2.79. The lowest BCUT2D eigenvalue weighted by Gasteiger charge is -2.15. The van der Waals surface area contributed by atoms with Crippen molar-refractivity contribution in [2.24, 2.45) is 5.73 Å². The molecule has 0 aliphatic rings. The predicted molar refractivity (Wildman–Crippen MR) is 74.2 cm³/mol. The maximum atomic E-state index is 13.2. The maximum Gasteiger partial charge on any atom is 0.159 e. The van der Waals surface area contributed by atoms with Crippen molar-refractivity contribution in [2.75, 3.05) is 0 Å². The zero-order valence-corrected chi connectivity index (χ0v) is 12.3. The number of halogens is 4. The van der Waals surface area contributed by atoms with Crippen LogP contribution in [0.2, 0.25) is 0 Å². The molecule has 2 rings (SSSR count). The minimum Gasteiger partial charge on any atom is -0.320 e. The van der Waals surface area contributed by atoms with Crippen molar-refractivity contribution in [2.45, 2.75) is 6.04 Å². The summed E-state index contributed by atoms with van der Waals surface area (Å²) in [6, 6.07) is 8.71. The Morgan fingerprint density at radius 2 is 1.67 bits per heavy atom. The third-order valence-electron chi connectivity index (χ3n) is 2.60. The fraction of sp³-hybridized carbons (Fsp3) is 0.0769. The van der Waals surface area contributed by atoms with Crippen LogP contribution < -0.4 is 5.73 Å². The standard InChI is InChI=1S/C13H9Br2F2N/c14-8-2-3-9(10(15)6-8)13(18)7-1-4-11(16)12(17)5-7/h1-6,13H,18H2. The monoisotopic (exact) mass is 375 g/mol. The Morgan fingerprint density at radius 3 is 2.28 bits per heavy atom. The number of nitrogens with two attached hydrogens (primary N) is 1. The van der Waals surface area contributed by atoms with Crippen LogP contribution in [0.15, 0.2) is 45.3 Å². The molecule has 94 valence electrons. The van der Waals surface area contributed by atoms with E-state index in [-0.39, 0.29) is 0 Å². The Balaban J connectivity index is 2.41. The van der Waals surface area contributed by atoms with Crippen molar-refractivity contribution in [3.8, 4) is 0 Å². The molecule has 0 spiro atoms. The van der Waals surface area contributed by atoms with Crippen LogP contribution >= 0.6 is 31.9 Å². The maximum absolute atomic E-state index is 13.2. The lowest BCUT2D eigenvalue weighted by molar-refractivity contribution is 0.506. The highest BCUT2D eigenvalue weighted by Crippen LogP contribution is 2.29. The Morgan fingerprint density at radius 1 is 0.944 bits per heavy atom. The first-order chi connectivity index (χ1) is 8.49. The molecule has 0 aliphatic carbocycles. The summed E-state index contributed by atoms with van der Waals surface area (Å²) in [7, 11) is 0. The highest BCUT2D eigenvalue weighted by atomic mass is 79.9. The normalized spacial score (nSPS) is 12.5. The van der Waals surface area contributed by atoms with Gasteiger partial charge in [0.25, 0.3) is 0 Å². The summed E-state index contributed by atoms with van der Waals surface area (Å²) in [5.41, 5.74) is 7.39. The summed E-state index contributed by atoms with van der Waals surface area (Å²) in [4.78, 5) is 0. The van der Waals surface area contributed by atoms with Crippen molar-refractivity contribution in [1.29, 1.82) is 0 Å². The van der Waals surface area contributed by atoms with Gasteiger partial charge in [-0.25, -0.2) is 8.78 Å². The molecule has 18 heavy (non-hydrogen) atoms. The summed E-state index contributed by atoms with van der Waals surface area (Å²) in [5, 5.41) is 0. The van der Waals surface area contributed by atoms with Crippen molar-refractivity contribution in [3.05, 3.63) is 68.1 Å². The molecule has 0 fully saturated rings. The van der Waals surface area contributed by atoms with Crippen LogP contribution in [0, 0.1) is 11.6 Å². The van der Waals surface area contributed by atoms with Crippen LogP contribution in [-0.4, -0.2) is 0 Å². The van der Waals surface area contributed by atoms with Crippen LogP contribution in [0.3, 0.4) is 0 Å². The Bertz CT molecular complexity index is 587. The highest BCUT2D eigenvalue weighted by molar-refractivity contribution is 9.11. The van der Waals surface area contributed by atoms with Gasteiger partial charge in [0.2, 0.25) is 0 Å². The largest absolute Gasteiger partial charge is 0.320 e. The van der Waals surface area contributed by atoms with Crippen LogP contribution in [0.4, 0.5) is 8.78 Å². The predicted octanol–water partition coefficient (Wildman–Crippen LogP) is 4.54. The van der Waals surface area contributed by atoms with Gasteiger partial charge in [0.1, 0.15) is 0 Å². The van der Waals surface area contributed by atoms with E-state index >= 15 is 0 Å². The number of hydrogen-bond acceptors (Lipinski definition) is 1.